The van der Waals surface area contributed by atoms with Gasteiger partial charge in [0.25, 0.3) is 5.89 Å². The summed E-state index contributed by atoms with van der Waals surface area (Å²) in [6, 6.07) is 3.93. The van der Waals surface area contributed by atoms with Crippen LogP contribution >= 0.6 is 0 Å². The zero-order chi connectivity index (χ0) is 13.4. The molecule has 3 heterocycles. The van der Waals surface area contributed by atoms with Gasteiger partial charge in [0.2, 0.25) is 0 Å². The summed E-state index contributed by atoms with van der Waals surface area (Å²) in [7, 11) is 0. The molecule has 0 aromatic carbocycles. The number of aromatic nitrogens is 3. The maximum absolute atomic E-state index is 5.44. The molecular formula is C14H17N5O. The number of hydrogen-bond donors (Lipinski definition) is 1. The van der Waals surface area contributed by atoms with E-state index in [-0.39, 0.29) is 0 Å². The molecular weight excluding hydrogens is 254 g/mol. The predicted octanol–water partition coefficient (Wildman–Crippen LogP) is 1.42. The molecule has 2 aliphatic rings. The van der Waals surface area contributed by atoms with Crippen LogP contribution < -0.4 is 10.2 Å². The zero-order valence-electron chi connectivity index (χ0n) is 11.2. The van der Waals surface area contributed by atoms with Crippen LogP contribution in [0.1, 0.15) is 24.6 Å². The van der Waals surface area contributed by atoms with Gasteiger partial charge in [0, 0.05) is 38.3 Å². The van der Waals surface area contributed by atoms with Crippen LogP contribution in [-0.4, -0.2) is 41.3 Å². The molecule has 20 heavy (non-hydrogen) atoms. The Morgan fingerprint density at radius 1 is 1.25 bits per heavy atom. The molecule has 0 spiro atoms. The normalized spacial score (nSPS) is 19.3. The third-order valence-electron chi connectivity index (χ3n) is 3.82. The first-order chi connectivity index (χ1) is 9.92. The summed E-state index contributed by atoms with van der Waals surface area (Å²) in [5.41, 5.74) is 0.939. The maximum Gasteiger partial charge on any atom is 0.261 e. The molecule has 0 unspecified atom stereocenters. The molecule has 0 atom stereocenters. The van der Waals surface area contributed by atoms with Crippen LogP contribution in [-0.2, 0) is 0 Å². The highest BCUT2D eigenvalue weighted by atomic mass is 16.5. The second kappa shape index (κ2) is 4.86. The van der Waals surface area contributed by atoms with Gasteiger partial charge in [-0.2, -0.15) is 4.98 Å². The van der Waals surface area contributed by atoms with Gasteiger partial charge in [-0.1, -0.05) is 5.16 Å². The van der Waals surface area contributed by atoms with Gasteiger partial charge >= 0.3 is 0 Å². The molecule has 2 aromatic rings. The second-order valence-electron chi connectivity index (χ2n) is 5.34. The van der Waals surface area contributed by atoms with Gasteiger partial charge in [-0.3, -0.25) is 0 Å². The average molecular weight is 271 g/mol. The molecule has 1 aliphatic heterocycles. The smallest absolute Gasteiger partial charge is 0.261 e. The van der Waals surface area contributed by atoms with E-state index in [1.54, 1.807) is 0 Å². The van der Waals surface area contributed by atoms with E-state index in [4.69, 9.17) is 4.52 Å². The van der Waals surface area contributed by atoms with Crippen molar-refractivity contribution in [2.24, 2.45) is 0 Å². The average Bonchev–Trinajstić information content (AvgIpc) is 3.26. The van der Waals surface area contributed by atoms with E-state index >= 15 is 0 Å². The van der Waals surface area contributed by atoms with Gasteiger partial charge < -0.3 is 14.7 Å². The molecule has 4 rings (SSSR count). The Bertz CT molecular complexity index is 601. The van der Waals surface area contributed by atoms with Crippen molar-refractivity contribution in [3.05, 3.63) is 24.2 Å². The number of anilines is 1. The number of pyridine rings is 1. The summed E-state index contributed by atoms with van der Waals surface area (Å²) in [5, 5.41) is 7.45. The quantitative estimate of drug-likeness (QED) is 0.910. The van der Waals surface area contributed by atoms with Crippen molar-refractivity contribution in [2.75, 3.05) is 31.1 Å². The summed E-state index contributed by atoms with van der Waals surface area (Å²) >= 11 is 0. The summed E-state index contributed by atoms with van der Waals surface area (Å²) in [6.45, 7) is 3.86. The molecule has 104 valence electrons. The highest BCUT2D eigenvalue weighted by molar-refractivity contribution is 5.69. The summed E-state index contributed by atoms with van der Waals surface area (Å²) in [5.74, 6) is 2.88. The van der Waals surface area contributed by atoms with Crippen LogP contribution in [0.4, 0.5) is 5.82 Å². The largest absolute Gasteiger partial charge is 0.353 e. The molecule has 1 saturated carbocycles. The molecule has 2 fully saturated rings. The van der Waals surface area contributed by atoms with E-state index in [1.165, 1.54) is 12.8 Å². The number of hydrogen-bond acceptors (Lipinski definition) is 6. The Hall–Kier alpha value is -1.95. The Labute approximate surface area is 117 Å². The first-order valence-electron chi connectivity index (χ1n) is 7.16. The van der Waals surface area contributed by atoms with Gasteiger partial charge in [0.1, 0.15) is 5.82 Å². The number of piperazine rings is 1. The maximum atomic E-state index is 5.44. The lowest BCUT2D eigenvalue weighted by Gasteiger charge is -2.29. The van der Waals surface area contributed by atoms with Crippen LogP contribution in [0.3, 0.4) is 0 Å². The van der Waals surface area contributed by atoms with Gasteiger partial charge in [0.05, 0.1) is 5.56 Å². The molecule has 0 bridgehead atoms. The molecule has 0 radical (unpaired) electrons. The highest BCUT2D eigenvalue weighted by Gasteiger charge is 2.29. The van der Waals surface area contributed by atoms with E-state index in [0.29, 0.717) is 11.8 Å². The molecule has 1 aliphatic carbocycles. The standard InChI is InChI=1S/C14H17N5O/c1-2-11(14-17-12(18-20-14)10-3-4-10)13(16-5-1)19-8-6-15-7-9-19/h1-2,5,10,15H,3-4,6-9H2. The zero-order valence-corrected chi connectivity index (χ0v) is 11.2. The first kappa shape index (κ1) is 11.8. The van der Waals surface area contributed by atoms with Gasteiger partial charge in [-0.25, -0.2) is 4.98 Å². The van der Waals surface area contributed by atoms with E-state index in [2.05, 4.69) is 25.3 Å². The minimum atomic E-state index is 0.506. The van der Waals surface area contributed by atoms with E-state index in [1.807, 2.05) is 18.3 Å². The third-order valence-corrected chi connectivity index (χ3v) is 3.82. The Morgan fingerprint density at radius 2 is 2.10 bits per heavy atom. The lowest BCUT2D eigenvalue weighted by molar-refractivity contribution is 0.422. The summed E-state index contributed by atoms with van der Waals surface area (Å²) < 4.78 is 5.44. The molecule has 1 saturated heterocycles. The van der Waals surface area contributed by atoms with E-state index in [0.717, 1.165) is 43.4 Å². The SMILES string of the molecule is c1cnc(N2CCNCC2)c(-c2nc(C3CC3)no2)c1. The Balaban J connectivity index is 1.68. The van der Waals surface area contributed by atoms with Crippen LogP contribution in [0.15, 0.2) is 22.9 Å². The van der Waals surface area contributed by atoms with E-state index in [9.17, 15) is 0 Å². The van der Waals surface area contributed by atoms with Crippen LogP contribution in [0.25, 0.3) is 11.5 Å². The fourth-order valence-corrected chi connectivity index (χ4v) is 2.54. The Kier molecular flexibility index (Phi) is 2.88. The lowest BCUT2D eigenvalue weighted by atomic mass is 10.2. The minimum absolute atomic E-state index is 0.506. The second-order valence-corrected chi connectivity index (χ2v) is 5.34. The third kappa shape index (κ3) is 2.16. The Morgan fingerprint density at radius 3 is 2.90 bits per heavy atom. The number of rotatable bonds is 3. The van der Waals surface area contributed by atoms with Crippen LogP contribution in [0.5, 0.6) is 0 Å². The van der Waals surface area contributed by atoms with Crippen molar-refractivity contribution >= 4 is 5.82 Å². The lowest BCUT2D eigenvalue weighted by Crippen LogP contribution is -2.44. The van der Waals surface area contributed by atoms with Crippen LogP contribution in [0.2, 0.25) is 0 Å². The van der Waals surface area contributed by atoms with E-state index < -0.39 is 0 Å². The van der Waals surface area contributed by atoms with Crippen molar-refractivity contribution in [2.45, 2.75) is 18.8 Å². The highest BCUT2D eigenvalue weighted by Crippen LogP contribution is 2.39. The van der Waals surface area contributed by atoms with Crippen LogP contribution in [0, 0.1) is 0 Å². The fraction of sp³-hybridized carbons (Fsp3) is 0.500. The van der Waals surface area contributed by atoms with Gasteiger partial charge in [0.15, 0.2) is 5.82 Å². The van der Waals surface area contributed by atoms with Gasteiger partial charge in [-0.05, 0) is 25.0 Å². The molecule has 6 heteroatoms. The topological polar surface area (TPSA) is 67.1 Å². The van der Waals surface area contributed by atoms with Crippen molar-refractivity contribution in [1.29, 1.82) is 0 Å². The number of nitrogens with one attached hydrogen (secondary N) is 1. The molecule has 6 nitrogen and oxygen atoms in total. The fourth-order valence-electron chi connectivity index (χ4n) is 2.54. The molecule has 1 N–H and O–H groups in total. The molecule has 2 aromatic heterocycles. The minimum Gasteiger partial charge on any atom is -0.353 e. The summed E-state index contributed by atoms with van der Waals surface area (Å²) in [4.78, 5) is 11.3. The van der Waals surface area contributed by atoms with Crippen molar-refractivity contribution in [3.8, 4) is 11.5 Å². The summed E-state index contributed by atoms with van der Waals surface area (Å²) in [6.07, 6.45) is 4.17. The first-order valence-corrected chi connectivity index (χ1v) is 7.16. The van der Waals surface area contributed by atoms with Crippen molar-refractivity contribution in [3.63, 3.8) is 0 Å². The predicted molar refractivity (Wildman–Crippen MR) is 74.6 cm³/mol. The number of nitrogens with zero attached hydrogens (tertiary/aromatic N) is 4. The monoisotopic (exact) mass is 271 g/mol. The molecule has 0 amide bonds. The van der Waals surface area contributed by atoms with Crippen molar-refractivity contribution in [1.82, 2.24) is 20.4 Å². The van der Waals surface area contributed by atoms with Gasteiger partial charge in [-0.15, -0.1) is 0 Å². The van der Waals surface area contributed by atoms with Crippen molar-refractivity contribution < 1.29 is 4.52 Å².